The molecule has 3 rings (SSSR count). The molecule has 0 bridgehead atoms. The Balaban J connectivity index is 1.59. The fourth-order valence-electron chi connectivity index (χ4n) is 2.45. The van der Waals surface area contributed by atoms with Crippen LogP contribution in [-0.4, -0.2) is 46.3 Å². The lowest BCUT2D eigenvalue weighted by Crippen LogP contribution is -2.28. The Morgan fingerprint density at radius 3 is 3.13 bits per heavy atom. The van der Waals surface area contributed by atoms with Crippen molar-refractivity contribution in [1.29, 1.82) is 0 Å². The Kier molecular flexibility index (Phi) is 4.87. The monoisotopic (exact) mass is 316 g/mol. The minimum atomic E-state index is -0.190. The summed E-state index contributed by atoms with van der Waals surface area (Å²) in [7, 11) is 0. The highest BCUT2D eigenvalue weighted by atomic mass is 16.5. The van der Waals surface area contributed by atoms with Gasteiger partial charge in [-0.15, -0.1) is 0 Å². The average molecular weight is 316 g/mol. The van der Waals surface area contributed by atoms with Crippen molar-refractivity contribution in [1.82, 2.24) is 19.9 Å². The number of amides is 1. The van der Waals surface area contributed by atoms with E-state index in [9.17, 15) is 4.79 Å². The van der Waals surface area contributed by atoms with Gasteiger partial charge in [0.25, 0.3) is 5.91 Å². The average Bonchev–Trinajstić information content (AvgIpc) is 3.20. The Morgan fingerprint density at radius 2 is 2.39 bits per heavy atom. The van der Waals surface area contributed by atoms with E-state index < -0.39 is 0 Å². The van der Waals surface area contributed by atoms with E-state index in [0.717, 1.165) is 12.2 Å². The van der Waals surface area contributed by atoms with Gasteiger partial charge in [-0.1, -0.05) is 0 Å². The molecule has 122 valence electrons. The van der Waals surface area contributed by atoms with E-state index in [4.69, 9.17) is 9.47 Å². The molecule has 0 aromatic carbocycles. The maximum Gasteiger partial charge on any atom is 0.256 e. The minimum Gasteiger partial charge on any atom is -0.471 e. The molecule has 0 spiro atoms. The van der Waals surface area contributed by atoms with E-state index in [1.54, 1.807) is 24.5 Å². The van der Waals surface area contributed by atoms with Gasteiger partial charge in [-0.05, 0) is 19.1 Å². The van der Waals surface area contributed by atoms with Crippen LogP contribution >= 0.6 is 0 Å². The zero-order chi connectivity index (χ0) is 16.1. The molecule has 1 aliphatic heterocycles. The van der Waals surface area contributed by atoms with E-state index in [-0.39, 0.29) is 12.0 Å². The van der Waals surface area contributed by atoms with Crippen LogP contribution in [0.4, 0.5) is 0 Å². The molecule has 7 heteroatoms. The van der Waals surface area contributed by atoms with Gasteiger partial charge >= 0.3 is 0 Å². The van der Waals surface area contributed by atoms with Gasteiger partial charge in [0, 0.05) is 38.1 Å². The molecule has 1 saturated heterocycles. The number of ether oxygens (including phenoxy) is 2. The van der Waals surface area contributed by atoms with Gasteiger partial charge in [-0.2, -0.15) is 0 Å². The van der Waals surface area contributed by atoms with Gasteiger partial charge in [-0.25, -0.2) is 9.97 Å². The number of imidazole rings is 1. The molecule has 1 amide bonds. The molecule has 1 atom stereocenters. The standard InChI is InChI=1S/C16H20N4O3/c1-12-17-6-8-20(12)9-7-18-15(21)14-3-2-5-19-16(14)23-13-4-10-22-11-13/h2-3,5-6,8,13H,4,7,9-11H2,1H3,(H,18,21)/t13-/m0/s1. The lowest BCUT2D eigenvalue weighted by Gasteiger charge is -2.14. The highest BCUT2D eigenvalue weighted by Gasteiger charge is 2.21. The number of carbonyl (C=O) groups excluding carboxylic acids is 1. The molecule has 0 saturated carbocycles. The first-order valence-electron chi connectivity index (χ1n) is 7.69. The van der Waals surface area contributed by atoms with Crippen molar-refractivity contribution in [2.24, 2.45) is 0 Å². The lowest BCUT2D eigenvalue weighted by molar-refractivity contribution is 0.0939. The summed E-state index contributed by atoms with van der Waals surface area (Å²) in [5.41, 5.74) is 0.446. The van der Waals surface area contributed by atoms with E-state index in [1.165, 1.54) is 0 Å². The smallest absolute Gasteiger partial charge is 0.256 e. The summed E-state index contributed by atoms with van der Waals surface area (Å²) in [4.78, 5) is 20.7. The fraction of sp³-hybridized carbons (Fsp3) is 0.438. The second kappa shape index (κ2) is 7.23. The molecule has 3 heterocycles. The zero-order valence-electron chi connectivity index (χ0n) is 13.1. The van der Waals surface area contributed by atoms with Crippen LogP contribution in [0.5, 0.6) is 5.88 Å². The number of hydrogen-bond acceptors (Lipinski definition) is 5. The summed E-state index contributed by atoms with van der Waals surface area (Å²) < 4.78 is 13.1. The van der Waals surface area contributed by atoms with Crippen molar-refractivity contribution >= 4 is 5.91 Å². The third-order valence-corrected chi connectivity index (χ3v) is 3.74. The predicted molar refractivity (Wildman–Crippen MR) is 83.4 cm³/mol. The van der Waals surface area contributed by atoms with Crippen molar-refractivity contribution in [2.45, 2.75) is 26.0 Å². The molecule has 1 aliphatic rings. The van der Waals surface area contributed by atoms with Crippen LogP contribution in [0.25, 0.3) is 0 Å². The highest BCUT2D eigenvalue weighted by Crippen LogP contribution is 2.19. The van der Waals surface area contributed by atoms with Gasteiger partial charge in [0.05, 0.1) is 13.2 Å². The number of aryl methyl sites for hydroxylation is 1. The molecule has 23 heavy (non-hydrogen) atoms. The number of carbonyl (C=O) groups is 1. The summed E-state index contributed by atoms with van der Waals surface area (Å²) >= 11 is 0. The SMILES string of the molecule is Cc1nccn1CCNC(=O)c1cccnc1O[C@H]1CCOC1. The molecule has 2 aromatic rings. The topological polar surface area (TPSA) is 78.3 Å². The zero-order valence-corrected chi connectivity index (χ0v) is 13.1. The number of nitrogens with zero attached hydrogens (tertiary/aromatic N) is 3. The summed E-state index contributed by atoms with van der Waals surface area (Å²) in [5, 5.41) is 2.89. The molecule has 1 N–H and O–H groups in total. The van der Waals surface area contributed by atoms with E-state index in [2.05, 4.69) is 15.3 Å². The van der Waals surface area contributed by atoms with Gasteiger partial charge in [-0.3, -0.25) is 4.79 Å². The van der Waals surface area contributed by atoms with Crippen molar-refractivity contribution in [3.05, 3.63) is 42.1 Å². The predicted octanol–water partition coefficient (Wildman–Crippen LogP) is 1.18. The fourth-order valence-corrected chi connectivity index (χ4v) is 2.45. The molecule has 0 unspecified atom stereocenters. The van der Waals surface area contributed by atoms with Crippen LogP contribution in [0.15, 0.2) is 30.7 Å². The molecule has 1 fully saturated rings. The molecular formula is C16H20N4O3. The van der Waals surface area contributed by atoms with Gasteiger partial charge < -0.3 is 19.4 Å². The molecular weight excluding hydrogens is 296 g/mol. The van der Waals surface area contributed by atoms with Crippen LogP contribution in [0.2, 0.25) is 0 Å². The third-order valence-electron chi connectivity index (χ3n) is 3.74. The van der Waals surface area contributed by atoms with Crippen LogP contribution in [0, 0.1) is 6.92 Å². The first-order chi connectivity index (χ1) is 11.2. The summed E-state index contributed by atoms with van der Waals surface area (Å²) in [5.74, 6) is 1.09. The maximum atomic E-state index is 12.4. The van der Waals surface area contributed by atoms with Gasteiger partial charge in [0.1, 0.15) is 17.5 Å². The Labute approximate surface area is 134 Å². The Hall–Kier alpha value is -2.41. The first-order valence-corrected chi connectivity index (χ1v) is 7.69. The number of pyridine rings is 1. The van der Waals surface area contributed by atoms with Crippen LogP contribution < -0.4 is 10.1 Å². The second-order valence-electron chi connectivity index (χ2n) is 5.38. The molecule has 0 radical (unpaired) electrons. The van der Waals surface area contributed by atoms with E-state index in [1.807, 2.05) is 17.7 Å². The summed E-state index contributed by atoms with van der Waals surface area (Å²) in [6.07, 6.45) is 6.03. The van der Waals surface area contributed by atoms with Crippen LogP contribution in [0.1, 0.15) is 22.6 Å². The summed E-state index contributed by atoms with van der Waals surface area (Å²) in [6.45, 7) is 4.33. The normalized spacial score (nSPS) is 17.2. The van der Waals surface area contributed by atoms with Crippen LogP contribution in [-0.2, 0) is 11.3 Å². The lowest BCUT2D eigenvalue weighted by atomic mass is 10.2. The number of nitrogens with one attached hydrogen (secondary N) is 1. The number of aromatic nitrogens is 3. The van der Waals surface area contributed by atoms with Crippen LogP contribution in [0.3, 0.4) is 0 Å². The molecule has 0 aliphatic carbocycles. The van der Waals surface area contributed by atoms with Crippen molar-refractivity contribution in [2.75, 3.05) is 19.8 Å². The Bertz CT molecular complexity index is 665. The van der Waals surface area contributed by atoms with Crippen molar-refractivity contribution in [3.8, 4) is 5.88 Å². The second-order valence-corrected chi connectivity index (χ2v) is 5.38. The minimum absolute atomic E-state index is 0.0370. The first kappa shape index (κ1) is 15.5. The molecule has 7 nitrogen and oxygen atoms in total. The third kappa shape index (κ3) is 3.87. The quantitative estimate of drug-likeness (QED) is 0.866. The van der Waals surface area contributed by atoms with E-state index in [0.29, 0.717) is 37.7 Å². The maximum absolute atomic E-state index is 12.4. The Morgan fingerprint density at radius 1 is 1.48 bits per heavy atom. The number of rotatable bonds is 6. The largest absolute Gasteiger partial charge is 0.471 e. The summed E-state index contributed by atoms with van der Waals surface area (Å²) in [6, 6.07) is 3.45. The van der Waals surface area contributed by atoms with Crippen molar-refractivity contribution < 1.29 is 14.3 Å². The van der Waals surface area contributed by atoms with Crippen molar-refractivity contribution in [3.63, 3.8) is 0 Å². The number of hydrogen-bond donors (Lipinski definition) is 1. The molecule has 2 aromatic heterocycles. The van der Waals surface area contributed by atoms with Gasteiger partial charge in [0.2, 0.25) is 5.88 Å². The highest BCUT2D eigenvalue weighted by molar-refractivity contribution is 5.96. The van der Waals surface area contributed by atoms with E-state index >= 15 is 0 Å². The van der Waals surface area contributed by atoms with Gasteiger partial charge in [0.15, 0.2) is 0 Å².